The van der Waals surface area contributed by atoms with E-state index in [4.69, 9.17) is 0 Å². The third-order valence-electron chi connectivity index (χ3n) is 5.17. The average molecular weight is 408 g/mol. The lowest BCUT2D eigenvalue weighted by Gasteiger charge is -2.39. The number of halogens is 3. The highest BCUT2D eigenvalue weighted by molar-refractivity contribution is 5.80. The fraction of sp³-hybridized carbons (Fsp3) is 0.500. The summed E-state index contributed by atoms with van der Waals surface area (Å²) < 4.78 is 40.6. The van der Waals surface area contributed by atoms with Crippen LogP contribution in [0.5, 0.6) is 0 Å². The summed E-state index contributed by atoms with van der Waals surface area (Å²) in [5.74, 6) is 0.695. The predicted octanol–water partition coefficient (Wildman–Crippen LogP) is 2.58. The van der Waals surface area contributed by atoms with Gasteiger partial charge in [0.05, 0.1) is 12.7 Å². The number of aromatic nitrogens is 2. The second kappa shape index (κ2) is 9.30. The molecule has 1 N–H and O–H groups in total. The zero-order valence-electron chi connectivity index (χ0n) is 16.7. The van der Waals surface area contributed by atoms with Crippen molar-refractivity contribution in [1.82, 2.24) is 24.9 Å². The maximum atomic E-state index is 12.9. The smallest absolute Gasteiger partial charge is 0.352 e. The lowest BCUT2D eigenvalue weighted by molar-refractivity contribution is -0.181. The van der Waals surface area contributed by atoms with Crippen LogP contribution < -0.4 is 5.32 Å². The van der Waals surface area contributed by atoms with Gasteiger partial charge in [0, 0.05) is 51.5 Å². The lowest BCUT2D eigenvalue weighted by Crippen LogP contribution is -2.56. The van der Waals surface area contributed by atoms with Gasteiger partial charge in [-0.1, -0.05) is 30.3 Å². The van der Waals surface area contributed by atoms with Crippen LogP contribution in [0.15, 0.2) is 47.7 Å². The highest BCUT2D eigenvalue weighted by Crippen LogP contribution is 2.25. The molecular formula is C20H27F3N6. The van der Waals surface area contributed by atoms with Gasteiger partial charge in [-0.3, -0.25) is 14.6 Å². The number of nitrogens with zero attached hydrogens (tertiary/aromatic N) is 5. The Hall–Kier alpha value is -2.55. The minimum absolute atomic E-state index is 0.358. The molecule has 0 aliphatic carbocycles. The minimum Gasteiger partial charge on any atom is -0.352 e. The summed E-state index contributed by atoms with van der Waals surface area (Å²) in [4.78, 5) is 7.75. The first-order chi connectivity index (χ1) is 13.9. The summed E-state index contributed by atoms with van der Waals surface area (Å²) in [6.45, 7) is 4.21. The third kappa shape index (κ3) is 5.72. The first kappa shape index (κ1) is 21.2. The van der Waals surface area contributed by atoms with Gasteiger partial charge in [0.1, 0.15) is 6.04 Å². The third-order valence-corrected chi connectivity index (χ3v) is 5.17. The summed E-state index contributed by atoms with van der Waals surface area (Å²) in [5.41, 5.74) is 2.20. The monoisotopic (exact) mass is 408 g/mol. The summed E-state index contributed by atoms with van der Waals surface area (Å²) in [5, 5.41) is 7.68. The Morgan fingerprint density at radius 1 is 1.14 bits per heavy atom. The topological polar surface area (TPSA) is 48.7 Å². The van der Waals surface area contributed by atoms with E-state index in [9.17, 15) is 13.2 Å². The van der Waals surface area contributed by atoms with Gasteiger partial charge in [0.2, 0.25) is 0 Å². The number of benzene rings is 1. The van der Waals surface area contributed by atoms with Crippen molar-refractivity contribution < 1.29 is 13.2 Å². The van der Waals surface area contributed by atoms with Gasteiger partial charge >= 0.3 is 6.18 Å². The number of guanidine groups is 1. The van der Waals surface area contributed by atoms with Gasteiger partial charge in [0.25, 0.3) is 0 Å². The molecular weight excluding hydrogens is 381 g/mol. The molecule has 1 atom stereocenters. The van der Waals surface area contributed by atoms with Crippen molar-refractivity contribution in [3.05, 3.63) is 53.9 Å². The normalized spacial score (nSPS) is 17.4. The Labute approximate surface area is 169 Å². The maximum absolute atomic E-state index is 12.9. The van der Waals surface area contributed by atoms with E-state index in [2.05, 4.69) is 27.5 Å². The van der Waals surface area contributed by atoms with Crippen molar-refractivity contribution in [2.45, 2.75) is 32.2 Å². The van der Waals surface area contributed by atoms with Crippen LogP contribution in [0.2, 0.25) is 0 Å². The highest BCUT2D eigenvalue weighted by atomic mass is 19.4. The number of aliphatic imine (C=N–C) groups is 1. The molecule has 0 saturated carbocycles. The molecule has 2 aromatic rings. The molecule has 1 unspecified atom stereocenters. The number of alkyl halides is 3. The zero-order valence-corrected chi connectivity index (χ0v) is 16.7. The second-order valence-corrected chi connectivity index (χ2v) is 7.17. The summed E-state index contributed by atoms with van der Waals surface area (Å²) >= 11 is 0. The molecule has 1 saturated heterocycles. The predicted molar refractivity (Wildman–Crippen MR) is 107 cm³/mol. The van der Waals surface area contributed by atoms with Crippen LogP contribution in [0, 0.1) is 0 Å². The van der Waals surface area contributed by atoms with E-state index in [0.29, 0.717) is 45.2 Å². The molecule has 1 fully saturated rings. The average Bonchev–Trinajstić information content (AvgIpc) is 3.15. The van der Waals surface area contributed by atoms with Gasteiger partial charge in [-0.05, 0) is 12.5 Å². The number of piperazine rings is 1. The van der Waals surface area contributed by atoms with E-state index in [1.807, 2.05) is 40.2 Å². The van der Waals surface area contributed by atoms with E-state index in [0.717, 1.165) is 5.56 Å². The number of nitrogens with one attached hydrogen (secondary N) is 1. The Morgan fingerprint density at radius 3 is 2.45 bits per heavy atom. The van der Waals surface area contributed by atoms with Gasteiger partial charge < -0.3 is 10.2 Å². The van der Waals surface area contributed by atoms with Gasteiger partial charge in [-0.25, -0.2) is 0 Å². The van der Waals surface area contributed by atoms with Crippen molar-refractivity contribution in [1.29, 1.82) is 0 Å². The quantitative estimate of drug-likeness (QED) is 0.610. The Kier molecular flexibility index (Phi) is 6.79. The van der Waals surface area contributed by atoms with Crippen molar-refractivity contribution >= 4 is 5.96 Å². The molecule has 0 amide bonds. The van der Waals surface area contributed by atoms with Gasteiger partial charge in [-0.2, -0.15) is 18.3 Å². The molecule has 9 heteroatoms. The Bertz CT molecular complexity index is 794. The van der Waals surface area contributed by atoms with E-state index in [1.54, 1.807) is 7.05 Å². The maximum Gasteiger partial charge on any atom is 0.403 e. The van der Waals surface area contributed by atoms with Crippen LogP contribution in [0.1, 0.15) is 18.1 Å². The molecule has 1 aromatic carbocycles. The molecule has 3 rings (SSSR count). The molecule has 1 aliphatic rings. The van der Waals surface area contributed by atoms with E-state index in [-0.39, 0.29) is 0 Å². The van der Waals surface area contributed by atoms with Crippen molar-refractivity contribution in [3.8, 4) is 0 Å². The van der Waals surface area contributed by atoms with Crippen LogP contribution in [-0.2, 0) is 13.1 Å². The number of hydrogen-bond donors (Lipinski definition) is 1. The standard InChI is InChI=1S/C20H27F3N6/c1-16(20(21,22)23)27-8-10-28(11-9-27)19(24-2)25-12-18-13-26-29(15-18)14-17-6-4-3-5-7-17/h3-7,13,15-16H,8-12,14H2,1-2H3,(H,24,25). The molecule has 0 radical (unpaired) electrons. The van der Waals surface area contributed by atoms with Gasteiger partial charge in [-0.15, -0.1) is 0 Å². The van der Waals surface area contributed by atoms with Crippen LogP contribution in [-0.4, -0.2) is 71.0 Å². The van der Waals surface area contributed by atoms with Crippen molar-refractivity contribution in [3.63, 3.8) is 0 Å². The highest BCUT2D eigenvalue weighted by Gasteiger charge is 2.41. The minimum atomic E-state index is -4.19. The molecule has 29 heavy (non-hydrogen) atoms. The number of hydrogen-bond acceptors (Lipinski definition) is 3. The molecule has 1 aliphatic heterocycles. The first-order valence-corrected chi connectivity index (χ1v) is 9.68. The van der Waals surface area contributed by atoms with Crippen LogP contribution in [0.25, 0.3) is 0 Å². The summed E-state index contributed by atoms with van der Waals surface area (Å²) in [7, 11) is 1.69. The Morgan fingerprint density at radius 2 is 1.83 bits per heavy atom. The fourth-order valence-electron chi connectivity index (χ4n) is 3.40. The summed E-state index contributed by atoms with van der Waals surface area (Å²) in [6, 6.07) is 8.68. The van der Waals surface area contributed by atoms with E-state index < -0.39 is 12.2 Å². The van der Waals surface area contributed by atoms with Crippen molar-refractivity contribution in [2.75, 3.05) is 33.2 Å². The lowest BCUT2D eigenvalue weighted by atomic mass is 10.2. The molecule has 0 spiro atoms. The van der Waals surface area contributed by atoms with Crippen LogP contribution in [0.3, 0.4) is 0 Å². The van der Waals surface area contributed by atoms with E-state index in [1.165, 1.54) is 17.4 Å². The molecule has 158 valence electrons. The summed E-state index contributed by atoms with van der Waals surface area (Å²) in [6.07, 6.45) is -0.398. The zero-order chi connectivity index (χ0) is 20.9. The second-order valence-electron chi connectivity index (χ2n) is 7.17. The molecule has 1 aromatic heterocycles. The Balaban J connectivity index is 1.49. The number of rotatable bonds is 5. The SMILES string of the molecule is CN=C(NCc1cnn(Cc2ccccc2)c1)N1CCN(C(C)C(F)(F)F)CC1. The fourth-order valence-corrected chi connectivity index (χ4v) is 3.40. The molecule has 2 heterocycles. The molecule has 0 bridgehead atoms. The van der Waals surface area contributed by atoms with Crippen molar-refractivity contribution in [2.24, 2.45) is 4.99 Å². The first-order valence-electron chi connectivity index (χ1n) is 9.68. The molecule has 6 nitrogen and oxygen atoms in total. The van der Waals surface area contributed by atoms with Crippen LogP contribution in [0.4, 0.5) is 13.2 Å². The van der Waals surface area contributed by atoms with Crippen LogP contribution >= 0.6 is 0 Å². The van der Waals surface area contributed by atoms with Gasteiger partial charge in [0.15, 0.2) is 5.96 Å². The van der Waals surface area contributed by atoms with E-state index >= 15 is 0 Å². The largest absolute Gasteiger partial charge is 0.403 e.